The van der Waals surface area contributed by atoms with Crippen molar-refractivity contribution in [2.75, 3.05) is 14.1 Å². The molecule has 0 saturated carbocycles. The van der Waals surface area contributed by atoms with E-state index >= 15 is 0 Å². The summed E-state index contributed by atoms with van der Waals surface area (Å²) in [5.74, 6) is 0. The summed E-state index contributed by atoms with van der Waals surface area (Å²) in [6, 6.07) is 3.59. The zero-order valence-corrected chi connectivity index (χ0v) is 7.50. The highest BCUT2D eigenvalue weighted by Crippen LogP contribution is 2.00. The predicted molar refractivity (Wildman–Crippen MR) is 46.8 cm³/mol. The van der Waals surface area contributed by atoms with Crippen LogP contribution in [0.2, 0.25) is 0 Å². The summed E-state index contributed by atoms with van der Waals surface area (Å²) in [6.45, 7) is 1.84. The van der Waals surface area contributed by atoms with Gasteiger partial charge in [0.05, 0.1) is 0 Å². The maximum absolute atomic E-state index is 8.43. The van der Waals surface area contributed by atoms with Crippen LogP contribution in [0.25, 0.3) is 0 Å². The molecule has 3 heteroatoms. The molecule has 62 valence electrons. The van der Waals surface area contributed by atoms with E-state index in [2.05, 4.69) is 0 Å². The zero-order chi connectivity index (χ0) is 9.56. The fourth-order valence-corrected chi connectivity index (χ4v) is 0.762. The smallest absolute Gasteiger partial charge is 0.129 e. The molecule has 0 N–H and O–H groups in total. The summed E-state index contributed by atoms with van der Waals surface area (Å²) in [6.07, 6.45) is 3.40. The Kier molecular flexibility index (Phi) is 4.26. The first-order chi connectivity index (χ1) is 5.60. The summed E-state index contributed by atoms with van der Waals surface area (Å²) in [5, 5.41) is 16.9. The highest BCUT2D eigenvalue weighted by Gasteiger charge is 1.91. The zero-order valence-electron chi connectivity index (χ0n) is 7.50. The second-order valence-electron chi connectivity index (χ2n) is 2.62. The summed E-state index contributed by atoms with van der Waals surface area (Å²) >= 11 is 0. The van der Waals surface area contributed by atoms with Crippen molar-refractivity contribution in [2.45, 2.75) is 6.92 Å². The lowest BCUT2D eigenvalue weighted by Crippen LogP contribution is -2.01. The molecule has 0 rings (SSSR count). The van der Waals surface area contributed by atoms with Gasteiger partial charge in [0.25, 0.3) is 0 Å². The van der Waals surface area contributed by atoms with E-state index in [1.165, 1.54) is 0 Å². The number of nitrogens with zero attached hydrogens (tertiary/aromatic N) is 3. The van der Waals surface area contributed by atoms with Gasteiger partial charge in [-0.2, -0.15) is 10.5 Å². The Bertz CT molecular complexity index is 268. The van der Waals surface area contributed by atoms with Gasteiger partial charge in [-0.15, -0.1) is 0 Å². The highest BCUT2D eigenvalue weighted by molar-refractivity contribution is 5.40. The average Bonchev–Trinajstić information content (AvgIpc) is 1.98. The Labute approximate surface area is 72.8 Å². The van der Waals surface area contributed by atoms with E-state index in [9.17, 15) is 0 Å². The number of hydrogen-bond donors (Lipinski definition) is 0. The van der Waals surface area contributed by atoms with Gasteiger partial charge in [-0.25, -0.2) is 0 Å². The van der Waals surface area contributed by atoms with Crippen LogP contribution in [0.1, 0.15) is 6.92 Å². The van der Waals surface area contributed by atoms with Crippen LogP contribution in [0.4, 0.5) is 0 Å². The van der Waals surface area contributed by atoms with Gasteiger partial charge < -0.3 is 4.90 Å². The SMILES string of the molecule is C/C(C=C(C#N)C#N)=C\N(C)C. The number of nitriles is 2. The first kappa shape index (κ1) is 10.3. The molecule has 0 aliphatic rings. The van der Waals surface area contributed by atoms with E-state index in [1.54, 1.807) is 18.2 Å². The topological polar surface area (TPSA) is 50.8 Å². The highest BCUT2D eigenvalue weighted by atomic mass is 15.0. The summed E-state index contributed by atoms with van der Waals surface area (Å²) in [7, 11) is 3.77. The Hall–Kier alpha value is -1.74. The number of hydrogen-bond acceptors (Lipinski definition) is 3. The normalized spacial score (nSPS) is 9.58. The van der Waals surface area contributed by atoms with Gasteiger partial charge in [-0.1, -0.05) is 0 Å². The molecule has 0 heterocycles. The van der Waals surface area contributed by atoms with Crippen LogP contribution in [0.5, 0.6) is 0 Å². The van der Waals surface area contributed by atoms with Crippen molar-refractivity contribution < 1.29 is 0 Å². The third-order valence-corrected chi connectivity index (χ3v) is 1.07. The maximum Gasteiger partial charge on any atom is 0.129 e. The molecule has 0 aliphatic heterocycles. The lowest BCUT2D eigenvalue weighted by atomic mass is 10.2. The summed E-state index contributed by atoms with van der Waals surface area (Å²) < 4.78 is 0. The average molecular weight is 161 g/mol. The van der Waals surface area contributed by atoms with Crippen molar-refractivity contribution >= 4 is 0 Å². The monoisotopic (exact) mass is 161 g/mol. The van der Waals surface area contributed by atoms with Crippen LogP contribution in [-0.4, -0.2) is 19.0 Å². The molecule has 0 saturated heterocycles. The van der Waals surface area contributed by atoms with Crippen molar-refractivity contribution in [1.82, 2.24) is 4.90 Å². The van der Waals surface area contributed by atoms with Crippen molar-refractivity contribution in [3.05, 3.63) is 23.4 Å². The molecule has 0 atom stereocenters. The molecule has 0 amide bonds. The van der Waals surface area contributed by atoms with Gasteiger partial charge in [0.1, 0.15) is 17.7 Å². The molecule has 0 aliphatic carbocycles. The molecule has 3 nitrogen and oxygen atoms in total. The molecule has 0 aromatic rings. The molecule has 0 fully saturated rings. The standard InChI is InChI=1S/C9H11N3/c1-8(7-12(2)3)4-9(5-10)6-11/h4,7H,1-3H3/b8-7+. The van der Waals surface area contributed by atoms with E-state index in [1.807, 2.05) is 32.1 Å². The van der Waals surface area contributed by atoms with Gasteiger partial charge in [-0.05, 0) is 18.6 Å². The molecule has 0 aromatic heterocycles. The lowest BCUT2D eigenvalue weighted by Gasteiger charge is -2.04. The van der Waals surface area contributed by atoms with Gasteiger partial charge in [0.15, 0.2) is 0 Å². The van der Waals surface area contributed by atoms with Crippen LogP contribution < -0.4 is 0 Å². The van der Waals surface area contributed by atoms with Crippen LogP contribution in [0.15, 0.2) is 23.4 Å². The molecular formula is C9H11N3. The summed E-state index contributed by atoms with van der Waals surface area (Å²) in [4.78, 5) is 1.86. The number of allylic oxidation sites excluding steroid dienone is 3. The molecule has 0 radical (unpaired) electrons. The van der Waals surface area contributed by atoms with E-state index in [0.29, 0.717) is 0 Å². The third kappa shape index (κ3) is 4.14. The number of rotatable bonds is 2. The fraction of sp³-hybridized carbons (Fsp3) is 0.333. The van der Waals surface area contributed by atoms with Crippen molar-refractivity contribution in [3.63, 3.8) is 0 Å². The molecule has 0 unspecified atom stereocenters. The van der Waals surface area contributed by atoms with Gasteiger partial charge in [0.2, 0.25) is 0 Å². The fourth-order valence-electron chi connectivity index (χ4n) is 0.762. The molecular weight excluding hydrogens is 150 g/mol. The molecule has 0 aromatic carbocycles. The van der Waals surface area contributed by atoms with Gasteiger partial charge >= 0.3 is 0 Å². The first-order valence-electron chi connectivity index (χ1n) is 3.47. The molecule has 0 spiro atoms. The second kappa shape index (κ2) is 4.98. The second-order valence-corrected chi connectivity index (χ2v) is 2.62. The lowest BCUT2D eigenvalue weighted by molar-refractivity contribution is 0.560. The van der Waals surface area contributed by atoms with Crippen molar-refractivity contribution in [1.29, 1.82) is 10.5 Å². The minimum Gasteiger partial charge on any atom is -0.383 e. The molecule has 12 heavy (non-hydrogen) atoms. The summed E-state index contributed by atoms with van der Waals surface area (Å²) in [5.41, 5.74) is 1.02. The Morgan fingerprint density at radius 3 is 2.08 bits per heavy atom. The van der Waals surface area contributed by atoms with E-state index < -0.39 is 0 Å². The quantitative estimate of drug-likeness (QED) is 0.454. The van der Waals surface area contributed by atoms with Crippen LogP contribution in [-0.2, 0) is 0 Å². The third-order valence-electron chi connectivity index (χ3n) is 1.07. The molecule has 0 bridgehead atoms. The van der Waals surface area contributed by atoms with Gasteiger partial charge in [0, 0.05) is 20.3 Å². The predicted octanol–water partition coefficient (Wildman–Crippen LogP) is 1.43. The van der Waals surface area contributed by atoms with Gasteiger partial charge in [-0.3, -0.25) is 0 Å². The largest absolute Gasteiger partial charge is 0.383 e. The van der Waals surface area contributed by atoms with Crippen LogP contribution >= 0.6 is 0 Å². The van der Waals surface area contributed by atoms with Crippen molar-refractivity contribution in [3.8, 4) is 12.1 Å². The van der Waals surface area contributed by atoms with Crippen LogP contribution in [0, 0.1) is 22.7 Å². The maximum atomic E-state index is 8.43. The minimum atomic E-state index is 0.130. The Morgan fingerprint density at radius 1 is 1.25 bits per heavy atom. The first-order valence-corrected chi connectivity index (χ1v) is 3.47. The Balaban J connectivity index is 4.57. The van der Waals surface area contributed by atoms with Crippen molar-refractivity contribution in [2.24, 2.45) is 0 Å². The van der Waals surface area contributed by atoms with E-state index in [0.717, 1.165) is 5.57 Å². The minimum absolute atomic E-state index is 0.130. The Morgan fingerprint density at radius 2 is 1.75 bits per heavy atom. The van der Waals surface area contributed by atoms with E-state index in [-0.39, 0.29) is 5.57 Å². The van der Waals surface area contributed by atoms with E-state index in [4.69, 9.17) is 10.5 Å². The van der Waals surface area contributed by atoms with Crippen LogP contribution in [0.3, 0.4) is 0 Å².